The Morgan fingerprint density at radius 3 is 1.64 bits per heavy atom. The summed E-state index contributed by atoms with van der Waals surface area (Å²) < 4.78 is 5.46. The van der Waals surface area contributed by atoms with Gasteiger partial charge >= 0.3 is 0 Å². The molecule has 28 heavy (non-hydrogen) atoms. The van der Waals surface area contributed by atoms with Gasteiger partial charge in [0.1, 0.15) is 0 Å². The molecule has 0 aromatic rings. The van der Waals surface area contributed by atoms with Crippen molar-refractivity contribution in [2.75, 3.05) is 19.8 Å². The van der Waals surface area contributed by atoms with Crippen LogP contribution in [0.3, 0.4) is 0 Å². The fourth-order valence-electron chi connectivity index (χ4n) is 3.43. The van der Waals surface area contributed by atoms with Crippen LogP contribution < -0.4 is 5.32 Å². The minimum absolute atomic E-state index is 0.0424. The second-order valence-corrected chi connectivity index (χ2v) is 8.18. The van der Waals surface area contributed by atoms with Gasteiger partial charge < -0.3 is 15.2 Å². The summed E-state index contributed by atoms with van der Waals surface area (Å²) in [7, 11) is 0. The topological polar surface area (TPSA) is 58.6 Å². The van der Waals surface area contributed by atoms with E-state index in [1.807, 2.05) is 6.92 Å². The van der Waals surface area contributed by atoms with E-state index in [0.29, 0.717) is 19.6 Å². The van der Waals surface area contributed by atoms with E-state index in [1.165, 1.54) is 83.5 Å². The van der Waals surface area contributed by atoms with E-state index in [0.717, 1.165) is 19.3 Å². The third kappa shape index (κ3) is 20.1. The predicted octanol–water partition coefficient (Wildman–Crippen LogP) is 6.15. The lowest BCUT2D eigenvalue weighted by Gasteiger charge is -2.15. The molecule has 0 aliphatic heterocycles. The molecule has 0 radical (unpaired) electrons. The molecule has 0 aliphatic carbocycles. The molecule has 1 amide bonds. The first-order valence-electron chi connectivity index (χ1n) is 12.2. The molecule has 1 atom stereocenters. The first-order chi connectivity index (χ1) is 13.7. The Kier molecular flexibility index (Phi) is 22.2. The van der Waals surface area contributed by atoms with Crippen molar-refractivity contribution < 1.29 is 14.6 Å². The van der Waals surface area contributed by atoms with Gasteiger partial charge in [0.05, 0.1) is 12.7 Å². The fraction of sp³-hybridized carbons (Fsp3) is 0.958. The van der Waals surface area contributed by atoms with E-state index in [4.69, 9.17) is 4.74 Å². The minimum Gasteiger partial charge on any atom is -0.394 e. The van der Waals surface area contributed by atoms with Crippen molar-refractivity contribution in [3.8, 4) is 0 Å². The van der Waals surface area contributed by atoms with Crippen LogP contribution in [-0.4, -0.2) is 36.9 Å². The molecule has 0 aromatic carbocycles. The first-order valence-corrected chi connectivity index (χ1v) is 12.2. The molecule has 168 valence electrons. The summed E-state index contributed by atoms with van der Waals surface area (Å²) in [6, 6.07) is 0. The normalized spacial score (nSPS) is 12.2. The monoisotopic (exact) mass is 399 g/mol. The van der Waals surface area contributed by atoms with Crippen LogP contribution in [0.25, 0.3) is 0 Å². The van der Waals surface area contributed by atoms with Crippen LogP contribution in [0.1, 0.15) is 123 Å². The highest BCUT2D eigenvalue weighted by Gasteiger charge is 2.09. The van der Waals surface area contributed by atoms with E-state index in [1.54, 1.807) is 0 Å². The predicted molar refractivity (Wildman–Crippen MR) is 120 cm³/mol. The molecule has 0 bridgehead atoms. The molecule has 0 aliphatic rings. The number of ether oxygens (including phenoxy) is 1. The number of carbonyl (C=O) groups excluding carboxylic acids is 1. The largest absolute Gasteiger partial charge is 0.394 e. The maximum absolute atomic E-state index is 11.8. The summed E-state index contributed by atoms with van der Waals surface area (Å²) in [5, 5.41) is 12.1. The number of hydrogen-bond donors (Lipinski definition) is 2. The molecule has 1 unspecified atom stereocenters. The summed E-state index contributed by atoms with van der Waals surface area (Å²) in [5.41, 5.74) is 0. The Hall–Kier alpha value is -0.610. The number of aliphatic hydroxyl groups is 1. The van der Waals surface area contributed by atoms with E-state index < -0.39 is 0 Å². The van der Waals surface area contributed by atoms with Gasteiger partial charge in [0.15, 0.2) is 0 Å². The molecule has 0 heterocycles. The number of hydrogen-bond acceptors (Lipinski definition) is 3. The van der Waals surface area contributed by atoms with Gasteiger partial charge in [-0.15, -0.1) is 0 Å². The smallest absolute Gasteiger partial charge is 0.220 e. The Labute approximate surface area is 175 Å². The molecule has 0 saturated carbocycles. The third-order valence-corrected chi connectivity index (χ3v) is 5.30. The zero-order chi connectivity index (χ0) is 20.7. The standard InChI is InChI=1S/C24H49NO3/c1-3-5-6-7-8-9-10-11-12-13-14-15-16-17-18-19-24(27)25-21-23(22-26)28-20-4-2/h23,26H,3-22H2,1-2H3,(H,25,27). The number of unbranched alkanes of at least 4 members (excludes halogenated alkanes) is 14. The number of carbonyl (C=O) groups is 1. The summed E-state index contributed by atoms with van der Waals surface area (Å²) in [5.74, 6) is 0.0771. The molecule has 0 fully saturated rings. The van der Waals surface area contributed by atoms with Crippen molar-refractivity contribution in [3.05, 3.63) is 0 Å². The number of rotatable bonds is 22. The van der Waals surface area contributed by atoms with Crippen LogP contribution in [0.4, 0.5) is 0 Å². The van der Waals surface area contributed by atoms with Crippen LogP contribution in [0.15, 0.2) is 0 Å². The van der Waals surface area contributed by atoms with E-state index in [2.05, 4.69) is 12.2 Å². The summed E-state index contributed by atoms with van der Waals surface area (Å²) in [4.78, 5) is 11.8. The maximum atomic E-state index is 11.8. The summed E-state index contributed by atoms with van der Waals surface area (Å²) >= 11 is 0. The Balaban J connectivity index is 3.27. The van der Waals surface area contributed by atoms with Crippen molar-refractivity contribution in [1.82, 2.24) is 5.32 Å². The fourth-order valence-corrected chi connectivity index (χ4v) is 3.43. The van der Waals surface area contributed by atoms with Gasteiger partial charge in [0.2, 0.25) is 5.91 Å². The summed E-state index contributed by atoms with van der Waals surface area (Å²) in [6.07, 6.45) is 21.3. The highest BCUT2D eigenvalue weighted by Crippen LogP contribution is 2.13. The van der Waals surface area contributed by atoms with E-state index in [-0.39, 0.29) is 18.6 Å². The zero-order valence-corrected chi connectivity index (χ0v) is 19.0. The lowest BCUT2D eigenvalue weighted by molar-refractivity contribution is -0.122. The number of aliphatic hydroxyl groups excluding tert-OH is 1. The average molecular weight is 400 g/mol. The zero-order valence-electron chi connectivity index (χ0n) is 19.0. The second kappa shape index (κ2) is 22.7. The lowest BCUT2D eigenvalue weighted by Crippen LogP contribution is -2.35. The van der Waals surface area contributed by atoms with Crippen molar-refractivity contribution in [2.45, 2.75) is 129 Å². The Morgan fingerprint density at radius 2 is 1.21 bits per heavy atom. The molecular formula is C24H49NO3. The Bertz CT molecular complexity index is 323. The molecule has 4 nitrogen and oxygen atoms in total. The van der Waals surface area contributed by atoms with Gasteiger partial charge in [-0.3, -0.25) is 4.79 Å². The minimum atomic E-state index is -0.273. The number of amides is 1. The van der Waals surface area contributed by atoms with Crippen molar-refractivity contribution in [2.24, 2.45) is 0 Å². The van der Waals surface area contributed by atoms with Gasteiger partial charge in [-0.05, 0) is 12.8 Å². The SMILES string of the molecule is CCCCCCCCCCCCCCCCCC(=O)NCC(CO)OCCC. The second-order valence-electron chi connectivity index (χ2n) is 8.18. The van der Waals surface area contributed by atoms with Gasteiger partial charge in [-0.25, -0.2) is 0 Å². The van der Waals surface area contributed by atoms with Gasteiger partial charge in [0, 0.05) is 19.6 Å². The molecule has 0 spiro atoms. The number of nitrogens with one attached hydrogen (secondary N) is 1. The first kappa shape index (κ1) is 27.4. The van der Waals surface area contributed by atoms with Gasteiger partial charge in [-0.2, -0.15) is 0 Å². The van der Waals surface area contributed by atoms with Gasteiger partial charge in [-0.1, -0.05) is 104 Å². The molecular weight excluding hydrogens is 350 g/mol. The van der Waals surface area contributed by atoms with Crippen molar-refractivity contribution in [3.63, 3.8) is 0 Å². The van der Waals surface area contributed by atoms with Crippen LogP contribution in [0, 0.1) is 0 Å². The highest BCUT2D eigenvalue weighted by atomic mass is 16.5. The van der Waals surface area contributed by atoms with Crippen LogP contribution in [0.5, 0.6) is 0 Å². The van der Waals surface area contributed by atoms with Crippen LogP contribution in [-0.2, 0) is 9.53 Å². The van der Waals surface area contributed by atoms with E-state index in [9.17, 15) is 9.90 Å². The molecule has 0 rings (SSSR count). The summed E-state index contributed by atoms with van der Waals surface area (Å²) in [6.45, 7) is 5.30. The maximum Gasteiger partial charge on any atom is 0.220 e. The quantitative estimate of drug-likeness (QED) is 0.215. The molecule has 4 heteroatoms. The Morgan fingerprint density at radius 1 is 0.750 bits per heavy atom. The van der Waals surface area contributed by atoms with Crippen LogP contribution >= 0.6 is 0 Å². The van der Waals surface area contributed by atoms with Crippen molar-refractivity contribution >= 4 is 5.91 Å². The molecule has 0 aromatic heterocycles. The van der Waals surface area contributed by atoms with E-state index >= 15 is 0 Å². The van der Waals surface area contributed by atoms with Gasteiger partial charge in [0.25, 0.3) is 0 Å². The molecule has 0 saturated heterocycles. The average Bonchev–Trinajstić information content (AvgIpc) is 2.71. The highest BCUT2D eigenvalue weighted by molar-refractivity contribution is 5.75. The molecule has 2 N–H and O–H groups in total. The third-order valence-electron chi connectivity index (χ3n) is 5.30. The lowest BCUT2D eigenvalue weighted by atomic mass is 10.0. The van der Waals surface area contributed by atoms with Crippen molar-refractivity contribution in [1.29, 1.82) is 0 Å². The van der Waals surface area contributed by atoms with Crippen LogP contribution in [0.2, 0.25) is 0 Å².